The van der Waals surface area contributed by atoms with Gasteiger partial charge in [-0.05, 0) is 48.9 Å². The quantitative estimate of drug-likeness (QED) is 0.551. The Labute approximate surface area is 197 Å². The number of hydrogen-bond donors (Lipinski definition) is 0. The summed E-state index contributed by atoms with van der Waals surface area (Å²) in [5.41, 5.74) is 3.45. The minimum atomic E-state index is 0.0980. The molecular weight excluding hydrogens is 436 g/mol. The number of amides is 1. The van der Waals surface area contributed by atoms with E-state index in [2.05, 4.69) is 16.0 Å². The molecule has 33 heavy (non-hydrogen) atoms. The highest BCUT2D eigenvalue weighted by atomic mass is 32.1. The second-order valence-electron chi connectivity index (χ2n) is 7.77. The molecule has 1 aromatic heterocycles. The van der Waals surface area contributed by atoms with Crippen LogP contribution < -0.4 is 14.4 Å². The van der Waals surface area contributed by atoms with Gasteiger partial charge >= 0.3 is 0 Å². The molecule has 0 aliphatic carbocycles. The van der Waals surface area contributed by atoms with Crippen molar-refractivity contribution in [3.8, 4) is 28.1 Å². The van der Waals surface area contributed by atoms with Gasteiger partial charge in [0.05, 0.1) is 38.0 Å². The lowest BCUT2D eigenvalue weighted by atomic mass is 10.2. The van der Waals surface area contributed by atoms with Crippen molar-refractivity contribution in [2.45, 2.75) is 12.8 Å². The third-order valence-corrected chi connectivity index (χ3v) is 6.66. The van der Waals surface area contributed by atoms with E-state index in [1.54, 1.807) is 14.2 Å². The Morgan fingerprint density at radius 3 is 2.58 bits per heavy atom. The predicted octanol–water partition coefficient (Wildman–Crippen LogP) is 3.98. The van der Waals surface area contributed by atoms with Crippen LogP contribution >= 0.6 is 11.3 Å². The summed E-state index contributed by atoms with van der Waals surface area (Å²) in [4.78, 5) is 21.9. The van der Waals surface area contributed by atoms with Crippen LogP contribution in [0.3, 0.4) is 0 Å². The summed E-state index contributed by atoms with van der Waals surface area (Å²) in [6.07, 6.45) is 1.19. The molecular formula is C25H26N4O3S. The lowest BCUT2D eigenvalue weighted by Gasteiger charge is -2.23. The van der Waals surface area contributed by atoms with Crippen molar-refractivity contribution >= 4 is 22.9 Å². The zero-order valence-electron chi connectivity index (χ0n) is 18.8. The Bertz CT molecular complexity index is 1150. The highest BCUT2D eigenvalue weighted by Gasteiger charge is 2.21. The summed E-state index contributed by atoms with van der Waals surface area (Å²) in [6, 6.07) is 15.5. The van der Waals surface area contributed by atoms with E-state index in [4.69, 9.17) is 14.7 Å². The number of ether oxygens (including phenoxy) is 2. The van der Waals surface area contributed by atoms with Crippen LogP contribution in [0.25, 0.3) is 10.6 Å². The first kappa shape index (κ1) is 22.6. The van der Waals surface area contributed by atoms with Gasteiger partial charge in [-0.15, -0.1) is 11.3 Å². The molecule has 1 fully saturated rings. The summed E-state index contributed by atoms with van der Waals surface area (Å²) >= 11 is 1.52. The van der Waals surface area contributed by atoms with Crippen LogP contribution in [0.4, 0.5) is 5.69 Å². The number of carbonyl (C=O) groups excluding carboxylic acids is 1. The molecule has 0 atom stereocenters. The number of hydrogen-bond acceptors (Lipinski definition) is 7. The Kier molecular flexibility index (Phi) is 7.10. The summed E-state index contributed by atoms with van der Waals surface area (Å²) in [7, 11) is 3.22. The topological polar surface area (TPSA) is 78.7 Å². The van der Waals surface area contributed by atoms with Crippen LogP contribution in [-0.4, -0.2) is 56.2 Å². The van der Waals surface area contributed by atoms with Crippen molar-refractivity contribution in [1.82, 2.24) is 9.88 Å². The van der Waals surface area contributed by atoms with E-state index in [-0.39, 0.29) is 5.91 Å². The molecule has 0 spiro atoms. The van der Waals surface area contributed by atoms with E-state index in [1.807, 2.05) is 52.7 Å². The van der Waals surface area contributed by atoms with Crippen molar-refractivity contribution in [3.63, 3.8) is 0 Å². The molecule has 1 amide bonds. The molecule has 7 nitrogen and oxygen atoms in total. The number of methoxy groups -OCH3 is 2. The zero-order valence-corrected chi connectivity index (χ0v) is 19.6. The average Bonchev–Trinajstić information content (AvgIpc) is 3.18. The molecule has 0 N–H and O–H groups in total. The van der Waals surface area contributed by atoms with E-state index < -0.39 is 0 Å². The minimum absolute atomic E-state index is 0.0980. The van der Waals surface area contributed by atoms with Gasteiger partial charge in [-0.2, -0.15) is 5.26 Å². The Morgan fingerprint density at radius 1 is 1.06 bits per heavy atom. The van der Waals surface area contributed by atoms with Gasteiger partial charge in [-0.3, -0.25) is 4.79 Å². The first-order chi connectivity index (χ1) is 16.1. The molecule has 2 heterocycles. The monoisotopic (exact) mass is 462 g/mol. The van der Waals surface area contributed by atoms with Gasteiger partial charge in [0.1, 0.15) is 5.01 Å². The largest absolute Gasteiger partial charge is 0.493 e. The maximum Gasteiger partial charge on any atom is 0.228 e. The first-order valence-corrected chi connectivity index (χ1v) is 11.7. The second kappa shape index (κ2) is 10.4. The first-order valence-electron chi connectivity index (χ1n) is 10.8. The van der Waals surface area contributed by atoms with Crippen molar-refractivity contribution in [2.24, 2.45) is 0 Å². The van der Waals surface area contributed by atoms with Gasteiger partial charge in [0, 0.05) is 42.8 Å². The minimum Gasteiger partial charge on any atom is -0.493 e. The van der Waals surface area contributed by atoms with Gasteiger partial charge in [-0.1, -0.05) is 0 Å². The van der Waals surface area contributed by atoms with Crippen LogP contribution in [0.2, 0.25) is 0 Å². The maximum absolute atomic E-state index is 13.0. The Morgan fingerprint density at radius 2 is 1.85 bits per heavy atom. The fraction of sp³-hybridized carbons (Fsp3) is 0.320. The molecule has 0 radical (unpaired) electrons. The SMILES string of the molecule is COc1ccc(-c2nc(CC(=O)N3CCCN(c4ccc(C#N)cc4)CC3)cs2)cc1OC. The highest BCUT2D eigenvalue weighted by Crippen LogP contribution is 2.33. The zero-order chi connectivity index (χ0) is 23.2. The van der Waals surface area contributed by atoms with E-state index in [1.165, 1.54) is 11.3 Å². The number of nitrogens with zero attached hydrogens (tertiary/aromatic N) is 4. The van der Waals surface area contributed by atoms with E-state index in [9.17, 15) is 4.79 Å². The molecule has 8 heteroatoms. The summed E-state index contributed by atoms with van der Waals surface area (Å²) < 4.78 is 10.7. The van der Waals surface area contributed by atoms with Gasteiger partial charge in [0.25, 0.3) is 0 Å². The Hall–Kier alpha value is -3.57. The Balaban J connectivity index is 1.38. The smallest absolute Gasteiger partial charge is 0.228 e. The van der Waals surface area contributed by atoms with Crippen LogP contribution in [0.1, 0.15) is 17.7 Å². The predicted molar refractivity (Wildman–Crippen MR) is 129 cm³/mol. The van der Waals surface area contributed by atoms with Gasteiger partial charge in [0.2, 0.25) is 5.91 Å². The average molecular weight is 463 g/mol. The van der Waals surface area contributed by atoms with Crippen LogP contribution in [-0.2, 0) is 11.2 Å². The standard InChI is InChI=1S/C25H26N4O3S/c1-31-22-9-6-19(14-23(22)32-2)25-27-20(17-33-25)15-24(30)29-11-3-10-28(12-13-29)21-7-4-18(16-26)5-8-21/h4-9,14,17H,3,10-13,15H2,1-2H3. The fourth-order valence-corrected chi connectivity index (χ4v) is 4.75. The molecule has 1 aliphatic heterocycles. The number of carbonyl (C=O) groups is 1. The van der Waals surface area contributed by atoms with Gasteiger partial charge in [-0.25, -0.2) is 4.98 Å². The number of nitriles is 1. The lowest BCUT2D eigenvalue weighted by molar-refractivity contribution is -0.130. The molecule has 2 aromatic carbocycles. The molecule has 0 saturated carbocycles. The number of aromatic nitrogens is 1. The molecule has 1 saturated heterocycles. The van der Waals surface area contributed by atoms with E-state index in [0.29, 0.717) is 30.0 Å². The number of benzene rings is 2. The third kappa shape index (κ3) is 5.26. The number of anilines is 1. The molecule has 170 valence electrons. The van der Waals surface area contributed by atoms with Crippen molar-refractivity contribution in [3.05, 3.63) is 59.1 Å². The van der Waals surface area contributed by atoms with Crippen molar-refractivity contribution in [1.29, 1.82) is 5.26 Å². The van der Waals surface area contributed by atoms with Crippen LogP contribution in [0.15, 0.2) is 47.8 Å². The maximum atomic E-state index is 13.0. The van der Waals surface area contributed by atoms with E-state index >= 15 is 0 Å². The number of thiazole rings is 1. The highest BCUT2D eigenvalue weighted by molar-refractivity contribution is 7.13. The van der Waals surface area contributed by atoms with E-state index in [0.717, 1.165) is 48.0 Å². The molecule has 0 unspecified atom stereocenters. The summed E-state index contributed by atoms with van der Waals surface area (Å²) in [5, 5.41) is 11.8. The third-order valence-electron chi connectivity index (χ3n) is 5.72. The second-order valence-corrected chi connectivity index (χ2v) is 8.63. The molecule has 1 aliphatic rings. The van der Waals surface area contributed by atoms with Gasteiger partial charge in [0.15, 0.2) is 11.5 Å². The molecule has 4 rings (SSSR count). The molecule has 3 aromatic rings. The normalized spacial score (nSPS) is 13.8. The summed E-state index contributed by atoms with van der Waals surface area (Å²) in [5.74, 6) is 1.42. The van der Waals surface area contributed by atoms with Crippen molar-refractivity contribution in [2.75, 3.05) is 45.3 Å². The van der Waals surface area contributed by atoms with Crippen LogP contribution in [0.5, 0.6) is 11.5 Å². The van der Waals surface area contributed by atoms with Crippen molar-refractivity contribution < 1.29 is 14.3 Å². The van der Waals surface area contributed by atoms with Crippen LogP contribution in [0, 0.1) is 11.3 Å². The lowest BCUT2D eigenvalue weighted by Crippen LogP contribution is -2.36. The number of rotatable bonds is 6. The fourth-order valence-electron chi connectivity index (χ4n) is 3.93. The molecule has 0 bridgehead atoms. The summed E-state index contributed by atoms with van der Waals surface area (Å²) in [6.45, 7) is 3.06. The van der Waals surface area contributed by atoms with Gasteiger partial charge < -0.3 is 19.3 Å².